The molecule has 4 heteroatoms. The summed E-state index contributed by atoms with van der Waals surface area (Å²) in [6.07, 6.45) is 1.83. The molecule has 0 saturated heterocycles. The minimum atomic E-state index is 0.227. The van der Waals surface area contributed by atoms with E-state index in [4.69, 9.17) is 0 Å². The van der Waals surface area contributed by atoms with Crippen molar-refractivity contribution in [3.63, 3.8) is 0 Å². The normalized spacial score (nSPS) is 11.9. The number of rotatable bonds is 5. The van der Waals surface area contributed by atoms with Gasteiger partial charge in [0.15, 0.2) is 0 Å². The van der Waals surface area contributed by atoms with Crippen molar-refractivity contribution in [3.8, 4) is 0 Å². The van der Waals surface area contributed by atoms with Gasteiger partial charge in [-0.05, 0) is 54.0 Å². The van der Waals surface area contributed by atoms with E-state index in [1.54, 1.807) is 0 Å². The van der Waals surface area contributed by atoms with Crippen LogP contribution in [0.15, 0.2) is 16.7 Å². The zero-order chi connectivity index (χ0) is 13.1. The average molecular weight is 300 g/mol. The van der Waals surface area contributed by atoms with E-state index < -0.39 is 0 Å². The van der Waals surface area contributed by atoms with Gasteiger partial charge in [0, 0.05) is 23.8 Å². The molecule has 0 aliphatic heterocycles. The molecule has 3 nitrogen and oxygen atoms in total. The number of hydrogen-bond donors (Lipinski definition) is 1. The van der Waals surface area contributed by atoms with Gasteiger partial charge in [0.05, 0.1) is 0 Å². The number of nitrogens with one attached hydrogen (secondary N) is 1. The fourth-order valence-corrected chi connectivity index (χ4v) is 2.41. The molecule has 1 aromatic heterocycles. The lowest BCUT2D eigenvalue weighted by molar-refractivity contribution is 0.254. The monoisotopic (exact) mass is 299 g/mol. The van der Waals surface area contributed by atoms with Crippen molar-refractivity contribution in [2.45, 2.75) is 20.8 Å². The second kappa shape index (κ2) is 5.83. The Balaban J connectivity index is 2.61. The largest absolute Gasteiger partial charge is 0.369 e. The summed E-state index contributed by atoms with van der Waals surface area (Å²) >= 11 is 3.42. The number of nitrogens with zero attached hydrogens (tertiary/aromatic N) is 2. The van der Waals surface area contributed by atoms with E-state index in [9.17, 15) is 0 Å². The number of anilines is 1. The molecule has 96 valence electrons. The highest BCUT2D eigenvalue weighted by Crippen LogP contribution is 2.20. The lowest BCUT2D eigenvalue weighted by Crippen LogP contribution is -2.34. The Bertz CT molecular complexity index is 375. The molecular formula is C13H22BrN3. The third kappa shape index (κ3) is 5.04. The van der Waals surface area contributed by atoms with Crippen LogP contribution in [0.3, 0.4) is 0 Å². The minimum absolute atomic E-state index is 0.227. The van der Waals surface area contributed by atoms with Crippen molar-refractivity contribution < 1.29 is 0 Å². The quantitative estimate of drug-likeness (QED) is 0.905. The van der Waals surface area contributed by atoms with Crippen LogP contribution in [0.5, 0.6) is 0 Å². The molecule has 0 bridgehead atoms. The number of hydrogen-bond acceptors (Lipinski definition) is 3. The SMILES string of the molecule is Cc1cc(Br)cnc1NCC(C)(C)CN(C)C. The molecule has 0 aliphatic carbocycles. The van der Waals surface area contributed by atoms with Gasteiger partial charge in [-0.3, -0.25) is 0 Å². The summed E-state index contributed by atoms with van der Waals surface area (Å²) in [5.41, 5.74) is 1.39. The zero-order valence-corrected chi connectivity index (χ0v) is 12.9. The maximum atomic E-state index is 4.39. The predicted octanol–water partition coefficient (Wildman–Crippen LogP) is 3.15. The third-order valence-corrected chi connectivity index (χ3v) is 2.96. The minimum Gasteiger partial charge on any atom is -0.369 e. The Morgan fingerprint density at radius 2 is 2.06 bits per heavy atom. The summed E-state index contributed by atoms with van der Waals surface area (Å²) in [6, 6.07) is 2.08. The van der Waals surface area contributed by atoms with Crippen LogP contribution in [-0.2, 0) is 0 Å². The second-order valence-electron chi connectivity index (χ2n) is 5.57. The topological polar surface area (TPSA) is 28.2 Å². The van der Waals surface area contributed by atoms with Gasteiger partial charge in [0.1, 0.15) is 5.82 Å². The molecule has 0 unspecified atom stereocenters. The van der Waals surface area contributed by atoms with E-state index in [-0.39, 0.29) is 5.41 Å². The Labute approximate surface area is 113 Å². The molecule has 0 aromatic carbocycles. The number of halogens is 1. The standard InChI is InChI=1S/C13H22BrN3/c1-10-6-11(14)7-15-12(10)16-8-13(2,3)9-17(4)5/h6-7H,8-9H2,1-5H3,(H,15,16). The highest BCUT2D eigenvalue weighted by molar-refractivity contribution is 9.10. The van der Waals surface area contributed by atoms with Crippen molar-refractivity contribution in [1.82, 2.24) is 9.88 Å². The first kappa shape index (κ1) is 14.5. The number of aryl methyl sites for hydroxylation is 1. The van der Waals surface area contributed by atoms with E-state index in [1.807, 2.05) is 6.20 Å². The van der Waals surface area contributed by atoms with Crippen molar-refractivity contribution in [2.24, 2.45) is 5.41 Å². The van der Waals surface area contributed by atoms with Gasteiger partial charge in [0.25, 0.3) is 0 Å². The van der Waals surface area contributed by atoms with Crippen molar-refractivity contribution in [2.75, 3.05) is 32.5 Å². The van der Waals surface area contributed by atoms with E-state index in [2.05, 4.69) is 72.1 Å². The zero-order valence-electron chi connectivity index (χ0n) is 11.3. The Morgan fingerprint density at radius 1 is 1.41 bits per heavy atom. The second-order valence-corrected chi connectivity index (χ2v) is 6.49. The van der Waals surface area contributed by atoms with Crippen LogP contribution in [0, 0.1) is 12.3 Å². The third-order valence-electron chi connectivity index (χ3n) is 2.52. The predicted molar refractivity (Wildman–Crippen MR) is 77.5 cm³/mol. The highest BCUT2D eigenvalue weighted by Gasteiger charge is 2.19. The molecule has 17 heavy (non-hydrogen) atoms. The smallest absolute Gasteiger partial charge is 0.128 e. The Morgan fingerprint density at radius 3 is 2.59 bits per heavy atom. The lowest BCUT2D eigenvalue weighted by atomic mass is 9.93. The maximum Gasteiger partial charge on any atom is 0.128 e. The van der Waals surface area contributed by atoms with Crippen LogP contribution < -0.4 is 5.32 Å². The Hall–Kier alpha value is -0.610. The van der Waals surface area contributed by atoms with Crippen molar-refractivity contribution >= 4 is 21.7 Å². The first-order valence-corrected chi connectivity index (χ1v) is 6.60. The van der Waals surface area contributed by atoms with E-state index in [1.165, 1.54) is 5.56 Å². The van der Waals surface area contributed by atoms with E-state index in [0.717, 1.165) is 23.4 Å². The van der Waals surface area contributed by atoms with Gasteiger partial charge in [-0.2, -0.15) is 0 Å². The average Bonchev–Trinajstić information content (AvgIpc) is 2.14. The molecule has 1 aromatic rings. The number of pyridine rings is 1. The van der Waals surface area contributed by atoms with Crippen molar-refractivity contribution in [3.05, 3.63) is 22.3 Å². The Kier molecular flexibility index (Phi) is 4.95. The summed E-state index contributed by atoms with van der Waals surface area (Å²) < 4.78 is 1.02. The van der Waals surface area contributed by atoms with Gasteiger partial charge in [-0.15, -0.1) is 0 Å². The summed E-state index contributed by atoms with van der Waals surface area (Å²) in [4.78, 5) is 6.60. The van der Waals surface area contributed by atoms with E-state index in [0.29, 0.717) is 0 Å². The summed E-state index contributed by atoms with van der Waals surface area (Å²) in [6.45, 7) is 8.55. The maximum absolute atomic E-state index is 4.39. The molecule has 0 spiro atoms. The first-order valence-electron chi connectivity index (χ1n) is 5.81. The van der Waals surface area contributed by atoms with Crippen molar-refractivity contribution in [1.29, 1.82) is 0 Å². The molecule has 0 saturated carbocycles. The van der Waals surface area contributed by atoms with Crippen LogP contribution in [0.1, 0.15) is 19.4 Å². The fraction of sp³-hybridized carbons (Fsp3) is 0.615. The molecule has 0 radical (unpaired) electrons. The summed E-state index contributed by atoms with van der Waals surface area (Å²) in [5, 5.41) is 3.43. The molecule has 1 N–H and O–H groups in total. The summed E-state index contributed by atoms with van der Waals surface area (Å²) in [5.74, 6) is 0.972. The molecule has 1 heterocycles. The molecule has 0 aliphatic rings. The number of aromatic nitrogens is 1. The van der Waals surface area contributed by atoms with Crippen LogP contribution in [0.2, 0.25) is 0 Å². The summed E-state index contributed by atoms with van der Waals surface area (Å²) in [7, 11) is 4.20. The molecule has 0 amide bonds. The van der Waals surface area contributed by atoms with Crippen LogP contribution >= 0.6 is 15.9 Å². The van der Waals surface area contributed by atoms with Gasteiger partial charge in [-0.25, -0.2) is 4.98 Å². The van der Waals surface area contributed by atoms with Crippen LogP contribution in [-0.4, -0.2) is 37.1 Å². The fourth-order valence-electron chi connectivity index (χ4n) is 1.96. The van der Waals surface area contributed by atoms with Gasteiger partial charge in [0.2, 0.25) is 0 Å². The highest BCUT2D eigenvalue weighted by atomic mass is 79.9. The van der Waals surface area contributed by atoms with Gasteiger partial charge in [-0.1, -0.05) is 13.8 Å². The molecule has 0 atom stereocenters. The van der Waals surface area contributed by atoms with E-state index >= 15 is 0 Å². The van der Waals surface area contributed by atoms with Gasteiger partial charge < -0.3 is 10.2 Å². The lowest BCUT2D eigenvalue weighted by Gasteiger charge is -2.28. The van der Waals surface area contributed by atoms with Gasteiger partial charge >= 0.3 is 0 Å². The molecule has 1 rings (SSSR count). The molecular weight excluding hydrogens is 278 g/mol. The van der Waals surface area contributed by atoms with Crippen LogP contribution in [0.25, 0.3) is 0 Å². The van der Waals surface area contributed by atoms with Crippen LogP contribution in [0.4, 0.5) is 5.82 Å². The molecule has 0 fully saturated rings. The first-order chi connectivity index (χ1) is 7.80.